The van der Waals surface area contributed by atoms with Crippen LogP contribution in [0, 0.1) is 0 Å². The van der Waals surface area contributed by atoms with E-state index in [2.05, 4.69) is 20.7 Å². The Labute approximate surface area is 156 Å². The average molecular weight is 427 g/mol. The first-order valence-corrected chi connectivity index (χ1v) is 9.67. The van der Waals surface area contributed by atoms with Crippen molar-refractivity contribution in [3.63, 3.8) is 0 Å². The molecule has 0 unspecified atom stereocenters. The molecule has 2 aromatic carbocycles. The van der Waals surface area contributed by atoms with E-state index >= 15 is 0 Å². The van der Waals surface area contributed by atoms with Crippen LogP contribution in [-0.2, 0) is 16.6 Å². The minimum atomic E-state index is -3.52. The predicted octanol–water partition coefficient (Wildman–Crippen LogP) is 2.64. The van der Waals surface area contributed by atoms with Gasteiger partial charge in [0, 0.05) is 29.2 Å². The van der Waals surface area contributed by atoms with Crippen molar-refractivity contribution < 1.29 is 17.9 Å². The molecule has 0 heterocycles. The summed E-state index contributed by atoms with van der Waals surface area (Å²) in [6.45, 7) is 0.359. The smallest absolute Gasteiger partial charge is 0.253 e. The van der Waals surface area contributed by atoms with Gasteiger partial charge in [-0.1, -0.05) is 15.9 Å². The van der Waals surface area contributed by atoms with Crippen LogP contribution in [-0.4, -0.2) is 40.4 Å². The molecule has 0 fully saturated rings. The SMILES string of the molecule is CNS(=O)(=O)c1ccc(C(=O)N(C)Cc2cc(Br)ccc2OC)cc1. The zero-order chi connectivity index (χ0) is 18.6. The van der Waals surface area contributed by atoms with E-state index in [1.54, 1.807) is 19.1 Å². The summed E-state index contributed by atoms with van der Waals surface area (Å²) in [7, 11) is 1.08. The van der Waals surface area contributed by atoms with Crippen LogP contribution in [0.4, 0.5) is 0 Å². The summed E-state index contributed by atoms with van der Waals surface area (Å²) in [5, 5.41) is 0. The molecule has 0 saturated heterocycles. The summed E-state index contributed by atoms with van der Waals surface area (Å²) < 4.78 is 31.9. The second-order valence-electron chi connectivity index (χ2n) is 5.35. The quantitative estimate of drug-likeness (QED) is 0.769. The number of hydrogen-bond acceptors (Lipinski definition) is 4. The molecule has 6 nitrogen and oxygen atoms in total. The maximum atomic E-state index is 12.6. The van der Waals surface area contributed by atoms with E-state index in [-0.39, 0.29) is 10.8 Å². The molecule has 0 spiro atoms. The van der Waals surface area contributed by atoms with Crippen molar-refractivity contribution >= 4 is 31.9 Å². The van der Waals surface area contributed by atoms with Gasteiger partial charge in [0.2, 0.25) is 10.0 Å². The summed E-state index contributed by atoms with van der Waals surface area (Å²) in [5.74, 6) is 0.480. The normalized spacial score (nSPS) is 11.2. The van der Waals surface area contributed by atoms with Gasteiger partial charge < -0.3 is 9.64 Å². The second-order valence-corrected chi connectivity index (χ2v) is 8.15. The van der Waals surface area contributed by atoms with Crippen molar-refractivity contribution in [2.45, 2.75) is 11.4 Å². The number of halogens is 1. The third kappa shape index (κ3) is 4.59. The zero-order valence-corrected chi connectivity index (χ0v) is 16.5. The van der Waals surface area contributed by atoms with Gasteiger partial charge in [-0.05, 0) is 49.5 Å². The van der Waals surface area contributed by atoms with Crippen molar-refractivity contribution in [1.29, 1.82) is 0 Å². The monoisotopic (exact) mass is 426 g/mol. The highest BCUT2D eigenvalue weighted by molar-refractivity contribution is 9.10. The van der Waals surface area contributed by atoms with Gasteiger partial charge >= 0.3 is 0 Å². The standard InChI is InChI=1S/C17H19BrN2O4S/c1-19-25(22,23)15-7-4-12(5-8-15)17(21)20(2)11-13-10-14(18)6-9-16(13)24-3/h4-10,19H,11H2,1-3H3. The molecule has 0 radical (unpaired) electrons. The van der Waals surface area contributed by atoms with Crippen LogP contribution in [0.15, 0.2) is 51.8 Å². The number of methoxy groups -OCH3 is 1. The van der Waals surface area contributed by atoms with Crippen molar-refractivity contribution in [3.8, 4) is 5.75 Å². The number of ether oxygens (including phenoxy) is 1. The fraction of sp³-hybridized carbons (Fsp3) is 0.235. The van der Waals surface area contributed by atoms with E-state index in [4.69, 9.17) is 4.74 Å². The van der Waals surface area contributed by atoms with Gasteiger partial charge in [0.15, 0.2) is 0 Å². The molecule has 0 atom stereocenters. The lowest BCUT2D eigenvalue weighted by Gasteiger charge is -2.19. The van der Waals surface area contributed by atoms with Crippen LogP contribution >= 0.6 is 15.9 Å². The van der Waals surface area contributed by atoms with Crippen molar-refractivity contribution in [2.24, 2.45) is 0 Å². The summed E-state index contributed by atoms with van der Waals surface area (Å²) in [6.07, 6.45) is 0. The van der Waals surface area contributed by atoms with Crippen LogP contribution < -0.4 is 9.46 Å². The Morgan fingerprint density at radius 1 is 1.20 bits per heavy atom. The molecule has 1 N–H and O–H groups in total. The maximum absolute atomic E-state index is 12.6. The highest BCUT2D eigenvalue weighted by Crippen LogP contribution is 2.24. The average Bonchev–Trinajstić information content (AvgIpc) is 2.61. The molecule has 0 aliphatic carbocycles. The van der Waals surface area contributed by atoms with E-state index in [9.17, 15) is 13.2 Å². The maximum Gasteiger partial charge on any atom is 0.253 e. The summed E-state index contributed by atoms with van der Waals surface area (Å²) in [5.41, 5.74) is 1.27. The molecular weight excluding hydrogens is 408 g/mol. The van der Waals surface area contributed by atoms with Gasteiger partial charge in [-0.2, -0.15) is 0 Å². The summed E-state index contributed by atoms with van der Waals surface area (Å²) >= 11 is 3.41. The van der Waals surface area contributed by atoms with Crippen molar-refractivity contribution in [1.82, 2.24) is 9.62 Å². The Morgan fingerprint density at radius 2 is 1.84 bits per heavy atom. The highest BCUT2D eigenvalue weighted by Gasteiger charge is 2.16. The number of rotatable bonds is 6. The number of nitrogens with zero attached hydrogens (tertiary/aromatic N) is 1. The highest BCUT2D eigenvalue weighted by atomic mass is 79.9. The van der Waals surface area contributed by atoms with Gasteiger partial charge in [0.05, 0.1) is 12.0 Å². The van der Waals surface area contributed by atoms with Crippen LogP contribution in [0.2, 0.25) is 0 Å². The lowest BCUT2D eigenvalue weighted by atomic mass is 10.1. The minimum absolute atomic E-state index is 0.114. The van der Waals surface area contributed by atoms with Gasteiger partial charge in [-0.25, -0.2) is 13.1 Å². The lowest BCUT2D eigenvalue weighted by molar-refractivity contribution is 0.0784. The van der Waals surface area contributed by atoms with Crippen LogP contribution in [0.1, 0.15) is 15.9 Å². The molecule has 2 rings (SSSR count). The minimum Gasteiger partial charge on any atom is -0.496 e. The Bertz CT molecular complexity index is 867. The fourth-order valence-corrected chi connectivity index (χ4v) is 3.45. The largest absolute Gasteiger partial charge is 0.496 e. The van der Waals surface area contributed by atoms with Crippen molar-refractivity contribution in [3.05, 3.63) is 58.1 Å². The lowest BCUT2D eigenvalue weighted by Crippen LogP contribution is -2.26. The molecule has 2 aromatic rings. The number of nitrogens with one attached hydrogen (secondary N) is 1. The molecule has 8 heteroatoms. The molecule has 0 aromatic heterocycles. The van der Waals surface area contributed by atoms with Crippen LogP contribution in [0.25, 0.3) is 0 Å². The number of hydrogen-bond donors (Lipinski definition) is 1. The molecule has 0 bridgehead atoms. The first-order valence-electron chi connectivity index (χ1n) is 7.40. The Kier molecular flexibility index (Phi) is 6.21. The van der Waals surface area contributed by atoms with Crippen LogP contribution in [0.5, 0.6) is 5.75 Å². The van der Waals surface area contributed by atoms with E-state index in [1.165, 1.54) is 31.3 Å². The Morgan fingerprint density at radius 3 is 2.40 bits per heavy atom. The van der Waals surface area contributed by atoms with E-state index < -0.39 is 10.0 Å². The van der Waals surface area contributed by atoms with Gasteiger partial charge in [-0.3, -0.25) is 4.79 Å². The van der Waals surface area contributed by atoms with Gasteiger partial charge in [0.25, 0.3) is 5.91 Å². The Balaban J connectivity index is 2.19. The van der Waals surface area contributed by atoms with Crippen LogP contribution in [0.3, 0.4) is 0 Å². The topological polar surface area (TPSA) is 75.7 Å². The van der Waals surface area contributed by atoms with E-state index in [1.807, 2.05) is 18.2 Å². The number of carbonyl (C=O) groups is 1. The fourth-order valence-electron chi connectivity index (χ4n) is 2.31. The zero-order valence-electron chi connectivity index (χ0n) is 14.1. The first-order chi connectivity index (χ1) is 11.8. The Hall–Kier alpha value is -1.90. The van der Waals surface area contributed by atoms with E-state index in [0.29, 0.717) is 17.9 Å². The first kappa shape index (κ1) is 19.4. The molecule has 25 heavy (non-hydrogen) atoms. The molecule has 0 saturated carbocycles. The predicted molar refractivity (Wildman–Crippen MR) is 99.2 cm³/mol. The third-order valence-corrected chi connectivity index (χ3v) is 5.60. The van der Waals surface area contributed by atoms with Crippen molar-refractivity contribution in [2.75, 3.05) is 21.2 Å². The molecule has 134 valence electrons. The molecular formula is C17H19BrN2O4S. The molecule has 1 amide bonds. The summed E-state index contributed by atoms with van der Waals surface area (Å²) in [6, 6.07) is 11.4. The summed E-state index contributed by atoms with van der Waals surface area (Å²) in [4.78, 5) is 14.2. The number of sulfonamides is 1. The van der Waals surface area contributed by atoms with Gasteiger partial charge in [-0.15, -0.1) is 0 Å². The second kappa shape index (κ2) is 7.99. The molecule has 0 aliphatic heterocycles. The number of carbonyl (C=O) groups excluding carboxylic acids is 1. The van der Waals surface area contributed by atoms with Gasteiger partial charge in [0.1, 0.15) is 5.75 Å². The number of benzene rings is 2. The third-order valence-electron chi connectivity index (χ3n) is 3.68. The van der Waals surface area contributed by atoms with E-state index in [0.717, 1.165) is 10.0 Å². The molecule has 0 aliphatic rings. The number of amides is 1.